The average Bonchev–Trinajstić information content (AvgIpc) is 2.53. The van der Waals surface area contributed by atoms with E-state index < -0.39 is 0 Å². The Labute approximate surface area is 138 Å². The van der Waals surface area contributed by atoms with Gasteiger partial charge in [0, 0.05) is 18.1 Å². The molecule has 22 heavy (non-hydrogen) atoms. The third-order valence-corrected chi connectivity index (χ3v) is 5.36. The molecule has 0 spiro atoms. The van der Waals surface area contributed by atoms with Crippen LogP contribution >= 0.6 is 11.6 Å². The smallest absolute Gasteiger partial charge is 0.234 e. The molecule has 1 N–H and O–H groups in total. The van der Waals surface area contributed by atoms with E-state index in [4.69, 9.17) is 11.6 Å². The maximum atomic E-state index is 12.1. The van der Waals surface area contributed by atoms with Gasteiger partial charge in [0.05, 0.1) is 6.54 Å². The zero-order chi connectivity index (χ0) is 15.4. The summed E-state index contributed by atoms with van der Waals surface area (Å²) in [4.78, 5) is 14.5. The highest BCUT2D eigenvalue weighted by molar-refractivity contribution is 6.30. The van der Waals surface area contributed by atoms with Crippen molar-refractivity contribution in [2.24, 2.45) is 11.8 Å². The number of carbonyl (C=O) groups is 1. The molecule has 1 amide bonds. The van der Waals surface area contributed by atoms with Gasteiger partial charge in [-0.1, -0.05) is 43.0 Å². The second kappa shape index (κ2) is 7.47. The molecule has 2 atom stereocenters. The first-order valence-corrected chi connectivity index (χ1v) is 8.82. The molecule has 4 heteroatoms. The van der Waals surface area contributed by atoms with Crippen LogP contribution in [0.25, 0.3) is 0 Å². The quantitative estimate of drug-likeness (QED) is 0.921. The van der Waals surface area contributed by atoms with Crippen molar-refractivity contribution in [3.63, 3.8) is 0 Å². The summed E-state index contributed by atoms with van der Waals surface area (Å²) in [6, 6.07) is 7.65. The summed E-state index contributed by atoms with van der Waals surface area (Å²) in [6.45, 7) is 3.27. The van der Waals surface area contributed by atoms with Gasteiger partial charge >= 0.3 is 0 Å². The number of likely N-dealkylation sites (tertiary alicyclic amines) is 1. The van der Waals surface area contributed by atoms with Crippen molar-refractivity contribution in [2.45, 2.75) is 38.6 Å². The Morgan fingerprint density at radius 2 is 2.05 bits per heavy atom. The summed E-state index contributed by atoms with van der Waals surface area (Å²) < 4.78 is 0. The fraction of sp³-hybridized carbons (Fsp3) is 0.611. The van der Waals surface area contributed by atoms with Gasteiger partial charge in [0.15, 0.2) is 0 Å². The highest BCUT2D eigenvalue weighted by Crippen LogP contribution is 2.35. The lowest BCUT2D eigenvalue weighted by atomic mass is 9.75. The fourth-order valence-electron chi connectivity index (χ4n) is 3.93. The number of rotatable bonds is 4. The lowest BCUT2D eigenvalue weighted by Gasteiger charge is -2.41. The molecule has 2 aliphatic rings. The van der Waals surface area contributed by atoms with Crippen LogP contribution in [0.2, 0.25) is 5.02 Å². The Bertz CT molecular complexity index is 520. The largest absolute Gasteiger partial charge is 0.351 e. The van der Waals surface area contributed by atoms with E-state index in [2.05, 4.69) is 10.2 Å². The van der Waals surface area contributed by atoms with E-state index >= 15 is 0 Å². The van der Waals surface area contributed by atoms with Crippen molar-refractivity contribution in [3.05, 3.63) is 34.9 Å². The maximum absolute atomic E-state index is 12.1. The minimum absolute atomic E-state index is 0.120. The van der Waals surface area contributed by atoms with E-state index in [9.17, 15) is 4.79 Å². The van der Waals surface area contributed by atoms with Crippen LogP contribution in [0.3, 0.4) is 0 Å². The molecule has 0 unspecified atom stereocenters. The van der Waals surface area contributed by atoms with Crippen molar-refractivity contribution < 1.29 is 4.79 Å². The minimum Gasteiger partial charge on any atom is -0.351 e. The highest BCUT2D eigenvalue weighted by Gasteiger charge is 2.31. The fourth-order valence-corrected chi connectivity index (χ4v) is 4.14. The van der Waals surface area contributed by atoms with Gasteiger partial charge in [-0.3, -0.25) is 9.69 Å². The Hall–Kier alpha value is -1.06. The van der Waals surface area contributed by atoms with Crippen LogP contribution in [-0.4, -0.2) is 30.4 Å². The first kappa shape index (κ1) is 15.8. The number of carbonyl (C=O) groups excluding carboxylic acids is 1. The van der Waals surface area contributed by atoms with Gasteiger partial charge in [0.1, 0.15) is 0 Å². The Balaban J connectivity index is 1.44. The Kier molecular flexibility index (Phi) is 5.37. The molecule has 0 radical (unpaired) electrons. The van der Waals surface area contributed by atoms with Gasteiger partial charge in [0.2, 0.25) is 5.91 Å². The van der Waals surface area contributed by atoms with Gasteiger partial charge < -0.3 is 5.32 Å². The number of hydrogen-bond donors (Lipinski definition) is 1. The maximum Gasteiger partial charge on any atom is 0.234 e. The van der Waals surface area contributed by atoms with E-state index in [0.29, 0.717) is 18.1 Å². The lowest BCUT2D eigenvalue weighted by molar-refractivity contribution is -0.123. The van der Waals surface area contributed by atoms with Crippen LogP contribution < -0.4 is 5.32 Å². The van der Waals surface area contributed by atoms with Gasteiger partial charge in [-0.15, -0.1) is 0 Å². The molecular weight excluding hydrogens is 296 g/mol. The monoisotopic (exact) mass is 320 g/mol. The summed E-state index contributed by atoms with van der Waals surface area (Å²) in [6.07, 6.45) is 6.80. The van der Waals surface area contributed by atoms with Crippen LogP contribution in [0, 0.1) is 11.8 Å². The number of nitrogens with one attached hydrogen (secondary N) is 1. The summed E-state index contributed by atoms with van der Waals surface area (Å²) in [5.74, 6) is 1.86. The number of hydrogen-bond acceptors (Lipinski definition) is 2. The lowest BCUT2D eigenvalue weighted by Crippen LogP contribution is -2.46. The predicted octanol–water partition coefficient (Wildman–Crippen LogP) is 3.47. The normalized spacial score (nSPS) is 25.5. The van der Waals surface area contributed by atoms with Crippen molar-refractivity contribution >= 4 is 17.5 Å². The number of nitrogens with zero attached hydrogens (tertiary/aromatic N) is 1. The molecule has 1 saturated heterocycles. The van der Waals surface area contributed by atoms with Crippen molar-refractivity contribution in [1.29, 1.82) is 0 Å². The van der Waals surface area contributed by atoms with Gasteiger partial charge in [-0.2, -0.15) is 0 Å². The summed E-state index contributed by atoms with van der Waals surface area (Å²) >= 11 is 5.96. The topological polar surface area (TPSA) is 32.3 Å². The highest BCUT2D eigenvalue weighted by atomic mass is 35.5. The molecule has 1 heterocycles. The van der Waals surface area contributed by atoms with Gasteiger partial charge in [-0.05, 0) is 48.9 Å². The molecule has 3 rings (SSSR count). The molecule has 3 nitrogen and oxygen atoms in total. The van der Waals surface area contributed by atoms with Crippen LogP contribution in [0.1, 0.15) is 37.7 Å². The molecule has 120 valence electrons. The van der Waals surface area contributed by atoms with Gasteiger partial charge in [-0.25, -0.2) is 0 Å². The van der Waals surface area contributed by atoms with Crippen LogP contribution in [0.5, 0.6) is 0 Å². The molecule has 1 aliphatic carbocycles. The van der Waals surface area contributed by atoms with Crippen LogP contribution in [0.15, 0.2) is 24.3 Å². The minimum atomic E-state index is 0.120. The molecule has 1 saturated carbocycles. The second-order valence-corrected chi connectivity index (χ2v) is 7.17. The van der Waals surface area contributed by atoms with Gasteiger partial charge in [0.25, 0.3) is 0 Å². The second-order valence-electron chi connectivity index (χ2n) is 6.74. The summed E-state index contributed by atoms with van der Waals surface area (Å²) in [7, 11) is 0. The first-order valence-electron chi connectivity index (χ1n) is 8.44. The molecule has 1 aliphatic heterocycles. The Morgan fingerprint density at radius 3 is 2.86 bits per heavy atom. The van der Waals surface area contributed by atoms with E-state index in [-0.39, 0.29) is 5.91 Å². The van der Waals surface area contributed by atoms with Crippen LogP contribution in [0.4, 0.5) is 0 Å². The molecular formula is C18H25ClN2O. The van der Waals surface area contributed by atoms with E-state index in [0.717, 1.165) is 30.5 Å². The number of piperidine rings is 1. The van der Waals surface area contributed by atoms with E-state index in [1.807, 2.05) is 24.3 Å². The predicted molar refractivity (Wildman–Crippen MR) is 89.8 cm³/mol. The molecule has 0 bridgehead atoms. The van der Waals surface area contributed by atoms with Crippen molar-refractivity contribution in [1.82, 2.24) is 10.2 Å². The SMILES string of the molecule is O=C(CN1CC[C@@H]2CCCC[C@@H]2C1)NCc1cccc(Cl)c1. The van der Waals surface area contributed by atoms with E-state index in [1.54, 1.807) is 0 Å². The van der Waals surface area contributed by atoms with Crippen molar-refractivity contribution in [3.8, 4) is 0 Å². The number of fused-ring (bicyclic) bond motifs is 1. The molecule has 2 fully saturated rings. The number of benzene rings is 1. The summed E-state index contributed by atoms with van der Waals surface area (Å²) in [5, 5.41) is 3.72. The van der Waals surface area contributed by atoms with Crippen LogP contribution in [-0.2, 0) is 11.3 Å². The molecule has 1 aromatic rings. The van der Waals surface area contributed by atoms with E-state index in [1.165, 1.54) is 32.1 Å². The third kappa shape index (κ3) is 4.23. The third-order valence-electron chi connectivity index (χ3n) is 5.12. The zero-order valence-electron chi connectivity index (χ0n) is 13.1. The summed E-state index contributed by atoms with van der Waals surface area (Å²) in [5.41, 5.74) is 1.05. The number of halogens is 1. The standard InChI is InChI=1S/C18H25ClN2O/c19-17-7-3-4-14(10-17)11-20-18(22)13-21-9-8-15-5-1-2-6-16(15)12-21/h3-4,7,10,15-16H,1-2,5-6,8-9,11-13H2,(H,20,22)/t15-,16+/m0/s1. The average molecular weight is 321 g/mol. The first-order chi connectivity index (χ1) is 10.7. The number of amides is 1. The zero-order valence-corrected chi connectivity index (χ0v) is 13.8. The molecule has 1 aromatic carbocycles. The Morgan fingerprint density at radius 1 is 1.23 bits per heavy atom. The molecule has 0 aromatic heterocycles. The van der Waals surface area contributed by atoms with Crippen molar-refractivity contribution in [2.75, 3.05) is 19.6 Å².